The van der Waals surface area contributed by atoms with Gasteiger partial charge in [-0.2, -0.15) is 0 Å². The Morgan fingerprint density at radius 3 is 2.56 bits per heavy atom. The average molecular weight is 127 g/mol. The van der Waals surface area contributed by atoms with Crippen LogP contribution < -0.4 is 5.32 Å². The van der Waals surface area contributed by atoms with E-state index in [1.54, 1.807) is 0 Å². The molecule has 1 atom stereocenters. The number of ether oxygens (including phenoxy) is 1. The van der Waals surface area contributed by atoms with Crippen molar-refractivity contribution in [2.24, 2.45) is 0 Å². The summed E-state index contributed by atoms with van der Waals surface area (Å²) in [7, 11) is 0. The van der Waals surface area contributed by atoms with Crippen LogP contribution in [-0.2, 0) is 4.74 Å². The Labute approximate surface area is 55.6 Å². The fourth-order valence-corrected chi connectivity index (χ4v) is 1.03. The van der Waals surface area contributed by atoms with Gasteiger partial charge in [0.05, 0.1) is 6.10 Å². The maximum Gasteiger partial charge on any atom is 0.0721 e. The minimum atomic E-state index is 0.547. The number of nitrogens with one attached hydrogen (secondary N) is 1. The van der Waals surface area contributed by atoms with Crippen LogP contribution in [0.3, 0.4) is 0 Å². The first-order valence-electron chi connectivity index (χ1n) is 3.80. The van der Waals surface area contributed by atoms with E-state index in [4.69, 9.17) is 4.74 Å². The molecule has 1 unspecified atom stereocenters. The molecule has 2 heteroatoms. The molecule has 52 valence electrons. The highest BCUT2D eigenvalue weighted by molar-refractivity contribution is 4.83. The van der Waals surface area contributed by atoms with Crippen molar-refractivity contribution in [3.63, 3.8) is 0 Å². The van der Waals surface area contributed by atoms with Crippen LogP contribution in [0.4, 0.5) is 0 Å². The molecule has 9 heavy (non-hydrogen) atoms. The van der Waals surface area contributed by atoms with E-state index in [0.29, 0.717) is 6.10 Å². The number of rotatable bonds is 3. The lowest BCUT2D eigenvalue weighted by molar-refractivity contribution is -0.0484. The lowest BCUT2D eigenvalue weighted by Gasteiger charge is -2.26. The van der Waals surface area contributed by atoms with Gasteiger partial charge in [-0.3, -0.25) is 0 Å². The summed E-state index contributed by atoms with van der Waals surface area (Å²) in [5, 5.41) is 3.43. The first-order valence-corrected chi connectivity index (χ1v) is 3.80. The van der Waals surface area contributed by atoms with Crippen molar-refractivity contribution in [3.05, 3.63) is 0 Å². The van der Waals surface area contributed by atoms with Gasteiger partial charge < -0.3 is 10.1 Å². The van der Waals surface area contributed by atoms with Crippen molar-refractivity contribution >= 4 is 0 Å². The molecule has 1 saturated heterocycles. The van der Waals surface area contributed by atoms with Crippen molar-refractivity contribution in [2.75, 3.05) is 13.2 Å². The van der Waals surface area contributed by atoms with Crippen molar-refractivity contribution < 1.29 is 4.74 Å². The minimum absolute atomic E-state index is 0.547. The Hall–Kier alpha value is -0.0800. The maximum absolute atomic E-state index is 5.25. The molecule has 2 aliphatic rings. The molecule has 0 aromatic rings. The van der Waals surface area contributed by atoms with E-state index >= 15 is 0 Å². The van der Waals surface area contributed by atoms with Crippen LogP contribution in [0.25, 0.3) is 0 Å². The molecule has 2 fully saturated rings. The quantitative estimate of drug-likeness (QED) is 0.597. The van der Waals surface area contributed by atoms with Gasteiger partial charge in [-0.25, -0.2) is 0 Å². The van der Waals surface area contributed by atoms with E-state index in [1.165, 1.54) is 19.3 Å². The Morgan fingerprint density at radius 1 is 1.33 bits per heavy atom. The molecular formula is C7H13NO. The van der Waals surface area contributed by atoms with Crippen LogP contribution in [0.15, 0.2) is 0 Å². The fraction of sp³-hybridized carbons (Fsp3) is 1.00. The van der Waals surface area contributed by atoms with Crippen molar-refractivity contribution in [1.29, 1.82) is 0 Å². The summed E-state index contributed by atoms with van der Waals surface area (Å²) >= 11 is 0. The fourth-order valence-electron chi connectivity index (χ4n) is 1.03. The monoisotopic (exact) mass is 127 g/mol. The molecule has 2 rings (SSSR count). The van der Waals surface area contributed by atoms with Gasteiger partial charge in [0.25, 0.3) is 0 Å². The third-order valence-corrected chi connectivity index (χ3v) is 2.00. The topological polar surface area (TPSA) is 21.3 Å². The summed E-state index contributed by atoms with van der Waals surface area (Å²) in [6.45, 7) is 2.07. The van der Waals surface area contributed by atoms with E-state index in [9.17, 15) is 0 Å². The average Bonchev–Trinajstić information content (AvgIpc) is 2.44. The molecule has 0 amide bonds. The van der Waals surface area contributed by atoms with Gasteiger partial charge in [0, 0.05) is 19.2 Å². The first-order chi connectivity index (χ1) is 4.45. The smallest absolute Gasteiger partial charge is 0.0721 e. The van der Waals surface area contributed by atoms with Crippen molar-refractivity contribution in [3.8, 4) is 0 Å². The second kappa shape index (κ2) is 2.27. The van der Waals surface area contributed by atoms with E-state index in [-0.39, 0.29) is 0 Å². The second-order valence-corrected chi connectivity index (χ2v) is 2.96. The lowest BCUT2D eigenvalue weighted by atomic mass is 10.2. The van der Waals surface area contributed by atoms with Gasteiger partial charge in [-0.05, 0) is 19.3 Å². The summed E-state index contributed by atoms with van der Waals surface area (Å²) in [5.74, 6) is 0. The van der Waals surface area contributed by atoms with Crippen LogP contribution in [0.1, 0.15) is 19.3 Å². The predicted molar refractivity (Wildman–Crippen MR) is 35.4 cm³/mol. The van der Waals surface area contributed by atoms with Crippen LogP contribution >= 0.6 is 0 Å². The summed E-state index contributed by atoms with van der Waals surface area (Å²) in [5.41, 5.74) is 0. The first kappa shape index (κ1) is 5.69. The summed E-state index contributed by atoms with van der Waals surface area (Å²) in [4.78, 5) is 0. The third-order valence-electron chi connectivity index (χ3n) is 2.00. The van der Waals surface area contributed by atoms with Gasteiger partial charge in [0.15, 0.2) is 0 Å². The largest absolute Gasteiger partial charge is 0.377 e. The lowest BCUT2D eigenvalue weighted by Crippen LogP contribution is -2.37. The maximum atomic E-state index is 5.25. The molecule has 0 spiro atoms. The second-order valence-electron chi connectivity index (χ2n) is 2.96. The predicted octanol–water partition coefficient (Wildman–Crippen LogP) is 0.527. The molecule has 1 N–H and O–H groups in total. The van der Waals surface area contributed by atoms with Gasteiger partial charge in [0.1, 0.15) is 0 Å². The third kappa shape index (κ3) is 1.43. The zero-order valence-corrected chi connectivity index (χ0v) is 5.60. The highest BCUT2D eigenvalue weighted by atomic mass is 16.5. The minimum Gasteiger partial charge on any atom is -0.377 e. The molecule has 0 aromatic heterocycles. The van der Waals surface area contributed by atoms with Gasteiger partial charge in [0.2, 0.25) is 0 Å². The highest BCUT2D eigenvalue weighted by Gasteiger charge is 2.24. The zero-order chi connectivity index (χ0) is 6.10. The molecule has 1 heterocycles. The SMILES string of the molecule is C1CC(CNC2CC2)O1. The van der Waals surface area contributed by atoms with Crippen molar-refractivity contribution in [2.45, 2.75) is 31.4 Å². The normalized spacial score (nSPS) is 34.0. The summed E-state index contributed by atoms with van der Waals surface area (Å²) < 4.78 is 5.25. The van der Waals surface area contributed by atoms with Crippen LogP contribution in [0.5, 0.6) is 0 Å². The van der Waals surface area contributed by atoms with E-state index < -0.39 is 0 Å². The van der Waals surface area contributed by atoms with E-state index in [1.807, 2.05) is 0 Å². The summed E-state index contributed by atoms with van der Waals surface area (Å²) in [6.07, 6.45) is 4.57. The molecule has 2 nitrogen and oxygen atoms in total. The zero-order valence-electron chi connectivity index (χ0n) is 5.60. The van der Waals surface area contributed by atoms with Gasteiger partial charge in [-0.15, -0.1) is 0 Å². The molecule has 0 aromatic carbocycles. The number of hydrogen-bond donors (Lipinski definition) is 1. The highest BCUT2D eigenvalue weighted by Crippen LogP contribution is 2.19. The molecule has 0 radical (unpaired) electrons. The van der Waals surface area contributed by atoms with Gasteiger partial charge >= 0.3 is 0 Å². The van der Waals surface area contributed by atoms with Crippen LogP contribution in [0.2, 0.25) is 0 Å². The Morgan fingerprint density at radius 2 is 2.11 bits per heavy atom. The van der Waals surface area contributed by atoms with E-state index in [2.05, 4.69) is 5.32 Å². The molecule has 0 bridgehead atoms. The molecule has 1 aliphatic carbocycles. The molecule has 1 saturated carbocycles. The van der Waals surface area contributed by atoms with Crippen LogP contribution in [-0.4, -0.2) is 25.3 Å². The Bertz CT molecular complexity index is 97.1. The van der Waals surface area contributed by atoms with E-state index in [0.717, 1.165) is 19.2 Å². The Kier molecular flexibility index (Phi) is 1.44. The summed E-state index contributed by atoms with van der Waals surface area (Å²) in [6, 6.07) is 0.842. The van der Waals surface area contributed by atoms with Crippen molar-refractivity contribution in [1.82, 2.24) is 5.32 Å². The van der Waals surface area contributed by atoms with Gasteiger partial charge in [-0.1, -0.05) is 0 Å². The van der Waals surface area contributed by atoms with Crippen LogP contribution in [0, 0.1) is 0 Å². The Balaban J connectivity index is 1.55. The molecule has 1 aliphatic heterocycles. The number of hydrogen-bond acceptors (Lipinski definition) is 2. The molecular weight excluding hydrogens is 114 g/mol. The standard InChI is InChI=1S/C7H13NO/c1-2-6(1)8-5-7-3-4-9-7/h6-8H,1-5H2.